The molecule has 4 amide bonds. The molecule has 10 aliphatic rings. The molecule has 10 aliphatic heterocycles. The van der Waals surface area contributed by atoms with E-state index in [-0.39, 0.29) is 6.41 Å². The number of amides is 4. The third-order valence-electron chi connectivity index (χ3n) is 23.0. The third-order valence-corrected chi connectivity index (χ3v) is 23.0. The maximum atomic E-state index is 13.5. The number of hydrogen-bond acceptors (Lipinski definition) is 51. The lowest BCUT2D eigenvalue weighted by molar-refractivity contribution is -0.398. The molecule has 55 nitrogen and oxygen atoms in total. The summed E-state index contributed by atoms with van der Waals surface area (Å²) < 4.78 is 120. The van der Waals surface area contributed by atoms with Crippen LogP contribution in [0.4, 0.5) is 0 Å². The van der Waals surface area contributed by atoms with E-state index in [4.69, 9.17) is 94.7 Å². The molecule has 724 valence electrons. The highest BCUT2D eigenvalue weighted by molar-refractivity contribution is 5.74. The van der Waals surface area contributed by atoms with Gasteiger partial charge in [-0.1, -0.05) is 0 Å². The number of rotatable bonds is 35. The van der Waals surface area contributed by atoms with Crippen LogP contribution in [0, 0.1) is 0 Å². The Morgan fingerprint density at radius 2 is 0.528 bits per heavy atom. The van der Waals surface area contributed by atoms with Crippen LogP contribution in [0.1, 0.15) is 34.6 Å². The van der Waals surface area contributed by atoms with Gasteiger partial charge in [-0.3, -0.25) is 19.2 Å². The molecule has 125 heavy (non-hydrogen) atoms. The van der Waals surface area contributed by atoms with Gasteiger partial charge in [0, 0.05) is 20.8 Å². The second-order valence-corrected chi connectivity index (χ2v) is 31.6. The highest BCUT2D eigenvalue weighted by Gasteiger charge is 2.63. The van der Waals surface area contributed by atoms with Crippen LogP contribution >= 0.6 is 0 Å². The molecule has 10 rings (SSSR count). The summed E-state index contributed by atoms with van der Waals surface area (Å²) in [6.45, 7) is -5.07. The van der Waals surface area contributed by atoms with Crippen molar-refractivity contribution < 1.29 is 252 Å². The maximum Gasteiger partial charge on any atom is 0.217 e. The summed E-state index contributed by atoms with van der Waals surface area (Å²) in [5.41, 5.74) is 0. The van der Waals surface area contributed by atoms with E-state index in [1.165, 1.54) is 13.8 Å². The van der Waals surface area contributed by atoms with Crippen molar-refractivity contribution in [2.45, 2.75) is 348 Å². The van der Waals surface area contributed by atoms with Crippen molar-refractivity contribution in [1.82, 2.24) is 21.3 Å². The van der Waals surface area contributed by atoms with E-state index in [1.807, 2.05) is 0 Å². The van der Waals surface area contributed by atoms with Crippen molar-refractivity contribution in [2.24, 2.45) is 0 Å². The monoisotopic (exact) mass is 1830 g/mol. The van der Waals surface area contributed by atoms with Gasteiger partial charge >= 0.3 is 0 Å². The molecule has 0 spiro atoms. The molecule has 0 unspecified atom stereocenters. The van der Waals surface area contributed by atoms with Gasteiger partial charge < -0.3 is 254 Å². The zero-order chi connectivity index (χ0) is 91.9. The maximum absolute atomic E-state index is 13.5. The Labute approximate surface area is 708 Å². The lowest BCUT2D eigenvalue weighted by Gasteiger charge is -2.52. The zero-order valence-electron chi connectivity index (χ0n) is 67.5. The summed E-state index contributed by atoms with van der Waals surface area (Å²) in [5.74, 6) is -2.98. The molecule has 10 saturated heterocycles. The molecule has 0 aromatic rings. The zero-order valence-corrected chi connectivity index (χ0v) is 67.5. The van der Waals surface area contributed by atoms with Crippen LogP contribution in [0.15, 0.2) is 0 Å². The SMILES string of the molecule is CC(=O)N[C@H]1[C@H](O[C@H]2[C@@H](O)[C@@H](CO)O[C@@H](O[C@H]3[C@H](O[C@@H]4O[C@@H](C)[C@@H](O)[C@@H](O)[C@@H]4O)[C@@H](NC(C)=O)[C@H](O[C@H]4[C@@H](O)[C@@H](CO)O[C@@H](O[C@H]5[C@H](O)[C@@H](O)[C@H](OC[C@@H](CO)NC=O)O[C@@H]5CO)[C@@H]4O)O[C@@H]3CO)[C@@H]2O)O[C@H](CO)[C@@H](O[C@@H]2O[C@H](CO)[C@H](O)[C@H](O[C@@H]3O[C@H](CO)[C@@H](O[C@@H]4O[C@H](CO)[C@H](O)[C@H](O)[C@H]4O)[C@H](O[C@@H]4O[C@@H](C)[C@@H](O)[C@@H](O)[C@@H]4O)[C@H]3NC(C)=O)[C@H]2O)[C@@H]1O. The van der Waals surface area contributed by atoms with Crippen molar-refractivity contribution in [3.63, 3.8) is 0 Å². The summed E-state index contributed by atoms with van der Waals surface area (Å²) in [4.78, 5) is 51.1. The quantitative estimate of drug-likeness (QED) is 0.0262. The minimum Gasteiger partial charge on any atom is -0.394 e. The lowest BCUT2D eigenvalue weighted by Crippen LogP contribution is -2.72. The van der Waals surface area contributed by atoms with Crippen molar-refractivity contribution >= 4 is 24.1 Å². The number of hydrogen-bond donors (Lipinski definition) is 31. The Kier molecular flexibility index (Phi) is 37.6. The molecule has 0 radical (unpaired) electrons. The minimum atomic E-state index is -2.49. The molecule has 0 aromatic heterocycles. The average molecular weight is 1830 g/mol. The van der Waals surface area contributed by atoms with E-state index in [0.717, 1.165) is 20.8 Å². The van der Waals surface area contributed by atoms with Crippen molar-refractivity contribution in [3.05, 3.63) is 0 Å². The number of nitrogens with one attached hydrogen (secondary N) is 4. The van der Waals surface area contributed by atoms with E-state index < -0.39 is 397 Å². The third kappa shape index (κ3) is 22.9. The van der Waals surface area contributed by atoms with E-state index in [0.29, 0.717) is 0 Å². The molecular weight excluding hydrogens is 1710 g/mol. The summed E-state index contributed by atoms with van der Waals surface area (Å²) in [6.07, 6.45) is -96.4. The smallest absolute Gasteiger partial charge is 0.217 e. The highest BCUT2D eigenvalue weighted by atomic mass is 16.8. The first kappa shape index (κ1) is 103. The summed E-state index contributed by atoms with van der Waals surface area (Å²) in [6, 6.07) is -7.06. The second kappa shape index (κ2) is 45.6. The van der Waals surface area contributed by atoms with Gasteiger partial charge in [-0.25, -0.2) is 0 Å². The van der Waals surface area contributed by atoms with Gasteiger partial charge in [0.1, 0.15) is 232 Å². The fraction of sp³-hybridized carbons (Fsp3) is 0.943. The molecule has 10 heterocycles. The minimum absolute atomic E-state index is 0.243. The van der Waals surface area contributed by atoms with Crippen LogP contribution in [0.25, 0.3) is 0 Å². The van der Waals surface area contributed by atoms with Crippen LogP contribution in [-0.2, 0) is 114 Å². The van der Waals surface area contributed by atoms with Crippen molar-refractivity contribution in [1.29, 1.82) is 0 Å². The Morgan fingerprint density at radius 3 is 0.864 bits per heavy atom. The largest absolute Gasteiger partial charge is 0.394 e. The van der Waals surface area contributed by atoms with Gasteiger partial charge in [0.2, 0.25) is 24.1 Å². The van der Waals surface area contributed by atoms with Crippen molar-refractivity contribution in [3.8, 4) is 0 Å². The molecule has 51 atom stereocenters. The van der Waals surface area contributed by atoms with E-state index in [9.17, 15) is 157 Å². The van der Waals surface area contributed by atoms with Gasteiger partial charge in [-0.2, -0.15) is 0 Å². The Hall–Kier alpha value is -4.00. The molecule has 0 saturated carbocycles. The van der Waals surface area contributed by atoms with Gasteiger partial charge in [0.05, 0.1) is 84.3 Å². The van der Waals surface area contributed by atoms with Crippen LogP contribution in [0.5, 0.6) is 0 Å². The Morgan fingerprint density at radius 1 is 0.272 bits per heavy atom. The number of aliphatic hydroxyl groups excluding tert-OH is 27. The fourth-order valence-electron chi connectivity index (χ4n) is 16.1. The number of carbonyl (C=O) groups is 4. The lowest BCUT2D eigenvalue weighted by atomic mass is 9.93. The van der Waals surface area contributed by atoms with Crippen molar-refractivity contribution in [2.75, 3.05) is 66.1 Å². The predicted molar refractivity (Wildman–Crippen MR) is 385 cm³/mol. The van der Waals surface area contributed by atoms with E-state index in [2.05, 4.69) is 21.3 Å². The van der Waals surface area contributed by atoms with E-state index >= 15 is 0 Å². The topological polar surface area (TPSA) is 847 Å². The summed E-state index contributed by atoms with van der Waals surface area (Å²) >= 11 is 0. The van der Waals surface area contributed by atoms with Crippen LogP contribution in [0.3, 0.4) is 0 Å². The van der Waals surface area contributed by atoms with Gasteiger partial charge in [-0.15, -0.1) is 0 Å². The van der Waals surface area contributed by atoms with Gasteiger partial charge in [0.25, 0.3) is 0 Å². The van der Waals surface area contributed by atoms with Crippen LogP contribution < -0.4 is 21.3 Å². The molecule has 0 aromatic carbocycles. The first-order valence-electron chi connectivity index (χ1n) is 40.1. The number of carbonyl (C=O) groups excluding carboxylic acids is 4. The molecule has 55 heteroatoms. The summed E-state index contributed by atoms with van der Waals surface area (Å²) in [5, 5.41) is 311. The second-order valence-electron chi connectivity index (χ2n) is 31.6. The highest BCUT2D eigenvalue weighted by Crippen LogP contribution is 2.42. The first-order chi connectivity index (χ1) is 59.3. The van der Waals surface area contributed by atoms with Gasteiger partial charge in [-0.05, 0) is 13.8 Å². The molecular formula is C70H118N4O51. The Bertz CT molecular complexity index is 3330. The number of aliphatic hydroxyl groups is 27. The fourth-order valence-corrected chi connectivity index (χ4v) is 16.1. The standard InChI is InChI=1S/C70H118N4O51/c1-17-34(88)41(95)45(99)65(107-17)121-56-32(73-20(4)86)62(114-29(13-82)54(56)119-67-47(101)43(97)36(90)23(7-76)109-67)124-59-38(92)24(8-77)110-68(49(59)103)117-52-27(11-80)113-61(31(40(52)94)72-19(3)85)123-58-37(91)26(10-79)112-70(51(58)105)120-55-30(14-83)115-63(33(74-21(5)87)57(55)122-66-46(100)42(96)35(89)18(2)108-66)125-60-39(93)25(9-78)111-69(50(60)104)118-53-28(12-81)116-64(48(102)44(53)98)106-15-22(6-75)71-16-84/h16-18,22-70,75-83,88-105H,6-15H2,1-5H3,(H,71,84)(H,72,85)(H,73,86)(H,74,87)/t17-,18-,22+,23+,24+,25+,26+,27+,28+,29+,30+,31+,32+,33+,34+,35+,36-,37-,38-,39-,40+,41+,42+,43-,44+,45-,46-,47+,48+,49+,50+,51+,52+,53+,54+,55+,56+,57+,58-,59-,60-,61-,62-,63-,64+,65-,66-,67-,68-,69-,70-/m0/s1. The first-order valence-corrected chi connectivity index (χ1v) is 40.1. The van der Waals surface area contributed by atoms with E-state index in [1.54, 1.807) is 0 Å². The van der Waals surface area contributed by atoms with Gasteiger partial charge in [0.15, 0.2) is 62.9 Å². The molecule has 0 bridgehead atoms. The number of ether oxygens (including phenoxy) is 20. The predicted octanol–water partition coefficient (Wildman–Crippen LogP) is -21.2. The van der Waals surface area contributed by atoms with Crippen LogP contribution in [0.2, 0.25) is 0 Å². The Balaban J connectivity index is 0.907. The molecule has 0 aliphatic carbocycles. The summed E-state index contributed by atoms with van der Waals surface area (Å²) in [7, 11) is 0. The molecule has 10 fully saturated rings. The van der Waals surface area contributed by atoms with Crippen LogP contribution in [-0.4, -0.2) is 541 Å². The average Bonchev–Trinajstić information content (AvgIpc) is 0.761. The normalized spacial score (nSPS) is 49.1. The molecule has 31 N–H and O–H groups in total.